The van der Waals surface area contributed by atoms with Gasteiger partial charge in [-0.25, -0.2) is 4.99 Å². The molecular weight excluding hydrogens is 340 g/mol. The lowest BCUT2D eigenvalue weighted by molar-refractivity contribution is 0.0514. The van der Waals surface area contributed by atoms with Gasteiger partial charge in [-0.05, 0) is 25.3 Å². The SMILES string of the molecule is COc1cc(N=CN(C)C)c(Cl)cc1C(=O)NC12CCN(CC1)CC2. The summed E-state index contributed by atoms with van der Waals surface area (Å²) in [7, 11) is 5.31. The standard InChI is InChI=1S/C18H25ClN4O2/c1-22(2)12-20-15-11-16(25-3)13(10-14(15)19)17(24)21-18-4-7-23(8-5-18)9-6-18/h10-12H,4-9H2,1-3H3,(H,21,24). The number of nitrogens with zero attached hydrogens (tertiary/aromatic N) is 3. The average Bonchev–Trinajstić information content (AvgIpc) is 2.61. The van der Waals surface area contributed by atoms with Crippen LogP contribution in [0.1, 0.15) is 29.6 Å². The molecule has 0 unspecified atom stereocenters. The Balaban J connectivity index is 1.83. The van der Waals surface area contributed by atoms with Crippen molar-refractivity contribution < 1.29 is 9.53 Å². The number of hydrogen-bond acceptors (Lipinski definition) is 4. The van der Waals surface area contributed by atoms with Gasteiger partial charge in [-0.2, -0.15) is 0 Å². The molecule has 0 aromatic heterocycles. The zero-order valence-corrected chi connectivity index (χ0v) is 15.8. The third kappa shape index (κ3) is 3.90. The van der Waals surface area contributed by atoms with Crippen LogP contribution in [0.15, 0.2) is 17.1 Å². The van der Waals surface area contributed by atoms with Crippen molar-refractivity contribution in [3.05, 3.63) is 22.7 Å². The van der Waals surface area contributed by atoms with Gasteiger partial charge in [0.2, 0.25) is 0 Å². The maximum atomic E-state index is 12.9. The van der Waals surface area contributed by atoms with Crippen molar-refractivity contribution in [1.29, 1.82) is 0 Å². The normalized spacial score (nSPS) is 25.2. The van der Waals surface area contributed by atoms with Crippen LogP contribution in [-0.4, -0.2) is 68.4 Å². The van der Waals surface area contributed by atoms with Crippen LogP contribution >= 0.6 is 11.6 Å². The molecule has 1 N–H and O–H groups in total. The minimum atomic E-state index is -0.128. The molecule has 25 heavy (non-hydrogen) atoms. The first-order chi connectivity index (χ1) is 11.9. The van der Waals surface area contributed by atoms with E-state index < -0.39 is 0 Å². The molecule has 3 aliphatic rings. The highest BCUT2D eigenvalue weighted by atomic mass is 35.5. The van der Waals surface area contributed by atoms with E-state index in [1.807, 2.05) is 19.0 Å². The molecule has 2 bridgehead atoms. The number of aliphatic imine (C=N–C) groups is 1. The van der Waals surface area contributed by atoms with Crippen molar-refractivity contribution >= 4 is 29.5 Å². The lowest BCUT2D eigenvalue weighted by atomic mass is 9.80. The van der Waals surface area contributed by atoms with E-state index in [0.717, 1.165) is 38.9 Å². The second-order valence-corrected chi connectivity index (χ2v) is 7.45. The van der Waals surface area contributed by atoms with E-state index in [1.165, 1.54) is 0 Å². The van der Waals surface area contributed by atoms with E-state index in [2.05, 4.69) is 15.2 Å². The minimum Gasteiger partial charge on any atom is -0.496 e. The number of halogens is 1. The first-order valence-corrected chi connectivity index (χ1v) is 8.93. The van der Waals surface area contributed by atoms with Crippen LogP contribution in [-0.2, 0) is 0 Å². The van der Waals surface area contributed by atoms with Gasteiger partial charge in [-0.1, -0.05) is 11.6 Å². The number of fused-ring (bicyclic) bond motifs is 3. The van der Waals surface area contributed by atoms with E-state index in [4.69, 9.17) is 16.3 Å². The summed E-state index contributed by atoms with van der Waals surface area (Å²) < 4.78 is 5.42. The second-order valence-electron chi connectivity index (χ2n) is 7.04. The molecule has 0 spiro atoms. The zero-order valence-electron chi connectivity index (χ0n) is 15.0. The minimum absolute atomic E-state index is 0.0922. The Kier molecular flexibility index (Phi) is 5.20. The quantitative estimate of drug-likeness (QED) is 0.644. The highest BCUT2D eigenvalue weighted by Crippen LogP contribution is 2.35. The molecule has 1 aromatic carbocycles. The summed E-state index contributed by atoms with van der Waals surface area (Å²) in [5, 5.41) is 3.69. The summed E-state index contributed by atoms with van der Waals surface area (Å²) in [6.45, 7) is 3.16. The van der Waals surface area contributed by atoms with Crippen molar-refractivity contribution in [2.75, 3.05) is 40.8 Å². The van der Waals surface area contributed by atoms with Crippen molar-refractivity contribution in [2.45, 2.75) is 24.8 Å². The van der Waals surface area contributed by atoms with Gasteiger partial charge >= 0.3 is 0 Å². The number of nitrogens with one attached hydrogen (secondary N) is 1. The monoisotopic (exact) mass is 364 g/mol. The van der Waals surface area contributed by atoms with Crippen LogP contribution in [0.2, 0.25) is 5.02 Å². The number of piperidine rings is 3. The number of hydrogen-bond donors (Lipinski definition) is 1. The highest BCUT2D eigenvalue weighted by molar-refractivity contribution is 6.33. The number of carbonyl (C=O) groups excluding carboxylic acids is 1. The molecule has 3 saturated heterocycles. The van der Waals surface area contributed by atoms with Gasteiger partial charge in [0.1, 0.15) is 5.75 Å². The molecule has 3 aliphatic heterocycles. The molecular formula is C18H25ClN4O2. The summed E-state index contributed by atoms with van der Waals surface area (Å²) in [5.74, 6) is 0.356. The Morgan fingerprint density at radius 3 is 2.52 bits per heavy atom. The van der Waals surface area contributed by atoms with Gasteiger partial charge in [-0.15, -0.1) is 0 Å². The number of methoxy groups -OCH3 is 1. The molecule has 3 heterocycles. The fourth-order valence-corrected chi connectivity index (χ4v) is 3.70. The van der Waals surface area contributed by atoms with E-state index in [-0.39, 0.29) is 11.4 Å². The van der Waals surface area contributed by atoms with Crippen molar-refractivity contribution in [1.82, 2.24) is 15.1 Å². The van der Waals surface area contributed by atoms with Gasteiger partial charge in [0.15, 0.2) is 0 Å². The average molecular weight is 365 g/mol. The summed E-state index contributed by atoms with van der Waals surface area (Å²) in [5.41, 5.74) is 0.942. The molecule has 0 radical (unpaired) electrons. The number of benzene rings is 1. The van der Waals surface area contributed by atoms with E-state index in [0.29, 0.717) is 22.0 Å². The summed E-state index contributed by atoms with van der Waals surface area (Å²) in [6.07, 6.45) is 4.66. The van der Waals surface area contributed by atoms with Crippen LogP contribution in [0.25, 0.3) is 0 Å². The summed E-state index contributed by atoms with van der Waals surface area (Å²) in [4.78, 5) is 21.5. The lowest BCUT2D eigenvalue weighted by Crippen LogP contribution is -2.61. The molecule has 0 atom stereocenters. The Bertz CT molecular complexity index is 668. The fraction of sp³-hybridized carbons (Fsp3) is 0.556. The largest absolute Gasteiger partial charge is 0.496 e. The maximum absolute atomic E-state index is 12.9. The van der Waals surface area contributed by atoms with Crippen LogP contribution < -0.4 is 10.1 Å². The molecule has 1 aromatic rings. The molecule has 0 aliphatic carbocycles. The predicted molar refractivity (Wildman–Crippen MR) is 100 cm³/mol. The molecule has 136 valence electrons. The molecule has 0 saturated carbocycles. The summed E-state index contributed by atoms with van der Waals surface area (Å²) >= 11 is 6.33. The third-order valence-corrected chi connectivity index (χ3v) is 5.34. The first-order valence-electron chi connectivity index (χ1n) is 8.55. The van der Waals surface area contributed by atoms with Gasteiger partial charge in [-0.3, -0.25) is 4.79 Å². The topological polar surface area (TPSA) is 57.2 Å². The van der Waals surface area contributed by atoms with E-state index >= 15 is 0 Å². The number of ether oxygens (including phenoxy) is 1. The Hall–Kier alpha value is -1.79. The number of amides is 1. The third-order valence-electron chi connectivity index (χ3n) is 5.04. The zero-order chi connectivity index (χ0) is 18.0. The van der Waals surface area contributed by atoms with E-state index in [9.17, 15) is 4.79 Å². The Morgan fingerprint density at radius 2 is 1.96 bits per heavy atom. The van der Waals surface area contributed by atoms with Crippen molar-refractivity contribution in [2.24, 2.45) is 4.99 Å². The van der Waals surface area contributed by atoms with Gasteiger partial charge in [0.05, 0.1) is 29.7 Å². The van der Waals surface area contributed by atoms with Crippen LogP contribution in [0.5, 0.6) is 5.75 Å². The number of carbonyl (C=O) groups is 1. The first kappa shape index (κ1) is 18.0. The molecule has 6 nitrogen and oxygen atoms in total. The van der Waals surface area contributed by atoms with Crippen LogP contribution in [0.3, 0.4) is 0 Å². The highest BCUT2D eigenvalue weighted by Gasteiger charge is 2.40. The molecule has 1 amide bonds. The predicted octanol–water partition coefficient (Wildman–Crippen LogP) is 2.54. The van der Waals surface area contributed by atoms with E-state index in [1.54, 1.807) is 25.6 Å². The summed E-state index contributed by atoms with van der Waals surface area (Å²) in [6, 6.07) is 3.35. The molecule has 3 fully saturated rings. The Morgan fingerprint density at radius 1 is 1.32 bits per heavy atom. The fourth-order valence-electron chi connectivity index (χ4n) is 3.49. The molecule has 7 heteroatoms. The molecule has 4 rings (SSSR count). The van der Waals surface area contributed by atoms with Crippen LogP contribution in [0.4, 0.5) is 5.69 Å². The Labute approximate surface area is 153 Å². The number of rotatable bonds is 5. The lowest BCUT2D eigenvalue weighted by Gasteiger charge is -2.48. The van der Waals surface area contributed by atoms with Crippen LogP contribution in [0, 0.1) is 0 Å². The maximum Gasteiger partial charge on any atom is 0.255 e. The smallest absolute Gasteiger partial charge is 0.255 e. The van der Waals surface area contributed by atoms with Crippen molar-refractivity contribution in [3.8, 4) is 5.75 Å². The van der Waals surface area contributed by atoms with Gasteiger partial charge < -0.3 is 19.9 Å². The second kappa shape index (κ2) is 7.22. The van der Waals surface area contributed by atoms with Crippen molar-refractivity contribution in [3.63, 3.8) is 0 Å². The van der Waals surface area contributed by atoms with Gasteiger partial charge in [0, 0.05) is 45.3 Å². The van der Waals surface area contributed by atoms with Gasteiger partial charge in [0.25, 0.3) is 5.91 Å².